The molecule has 0 saturated carbocycles. The van der Waals surface area contributed by atoms with E-state index in [0.717, 1.165) is 10.9 Å². The van der Waals surface area contributed by atoms with Crippen molar-refractivity contribution in [3.63, 3.8) is 0 Å². The highest BCUT2D eigenvalue weighted by molar-refractivity contribution is 7.80. The molecule has 0 N–H and O–H groups in total. The second-order valence-electron chi connectivity index (χ2n) is 3.54. The molecule has 0 fully saturated rings. The van der Waals surface area contributed by atoms with Crippen LogP contribution in [-0.2, 0) is 11.2 Å². The number of ether oxygens (including phenoxy) is 1. The molecule has 0 saturated heterocycles. The van der Waals surface area contributed by atoms with Gasteiger partial charge in [0.05, 0.1) is 6.61 Å². The predicted molar refractivity (Wildman–Crippen MR) is 69.5 cm³/mol. The summed E-state index contributed by atoms with van der Waals surface area (Å²) in [5, 5.41) is 1.39. The maximum Gasteiger partial charge on any atom is 0.185 e. The molecule has 3 nitrogen and oxygen atoms in total. The van der Waals surface area contributed by atoms with E-state index in [0.29, 0.717) is 35.7 Å². The van der Waals surface area contributed by atoms with Crippen LogP contribution in [0.15, 0.2) is 28.7 Å². The molecule has 1 aromatic carbocycles. The minimum atomic E-state index is 0.327. The van der Waals surface area contributed by atoms with Crippen molar-refractivity contribution >= 4 is 34.5 Å². The van der Waals surface area contributed by atoms with Gasteiger partial charge in [-0.2, -0.15) is 0 Å². The average molecular weight is 248 g/mol. The minimum absolute atomic E-state index is 0.327. The Morgan fingerprint density at radius 2 is 2.24 bits per heavy atom. The lowest BCUT2D eigenvalue weighted by Gasteiger charge is -2.03. The molecule has 0 aliphatic carbocycles. The smallest absolute Gasteiger partial charge is 0.185 e. The molecule has 0 aliphatic rings. The zero-order valence-corrected chi connectivity index (χ0v) is 10.3. The molecule has 0 aliphatic heterocycles. The Balaban J connectivity index is 2.43. The fourth-order valence-electron chi connectivity index (χ4n) is 1.75. The Morgan fingerprint density at radius 1 is 1.47 bits per heavy atom. The SMILES string of the molecule is CCOC(=S)Cc1c(C=O)oc2ccccc12. The van der Waals surface area contributed by atoms with Gasteiger partial charge in [0, 0.05) is 17.4 Å². The lowest BCUT2D eigenvalue weighted by molar-refractivity contribution is 0.110. The van der Waals surface area contributed by atoms with Crippen molar-refractivity contribution in [3.8, 4) is 0 Å². The fraction of sp³-hybridized carbons (Fsp3) is 0.231. The molecule has 2 aromatic rings. The molecule has 2 rings (SSSR count). The third-order valence-corrected chi connectivity index (χ3v) is 2.73. The van der Waals surface area contributed by atoms with Gasteiger partial charge in [-0.25, -0.2) is 0 Å². The number of carbonyl (C=O) groups excluding carboxylic acids is 1. The quantitative estimate of drug-likeness (QED) is 0.615. The summed E-state index contributed by atoms with van der Waals surface area (Å²) in [5.74, 6) is 0.327. The zero-order valence-electron chi connectivity index (χ0n) is 9.43. The number of hydrogen-bond acceptors (Lipinski definition) is 4. The van der Waals surface area contributed by atoms with Crippen LogP contribution in [0.25, 0.3) is 11.0 Å². The van der Waals surface area contributed by atoms with Crippen LogP contribution in [0.1, 0.15) is 23.0 Å². The van der Waals surface area contributed by atoms with Crippen LogP contribution in [0.3, 0.4) is 0 Å². The number of fused-ring (bicyclic) bond motifs is 1. The van der Waals surface area contributed by atoms with E-state index in [1.54, 1.807) is 0 Å². The van der Waals surface area contributed by atoms with Gasteiger partial charge in [-0.3, -0.25) is 4.79 Å². The number of hydrogen-bond donors (Lipinski definition) is 0. The number of benzene rings is 1. The number of furan rings is 1. The van der Waals surface area contributed by atoms with E-state index in [1.165, 1.54) is 0 Å². The first-order valence-electron chi connectivity index (χ1n) is 5.37. The van der Waals surface area contributed by atoms with E-state index >= 15 is 0 Å². The number of thiocarbonyl (C=S) groups is 1. The van der Waals surface area contributed by atoms with Crippen LogP contribution >= 0.6 is 12.2 Å². The Bertz CT molecular complexity index is 557. The van der Waals surface area contributed by atoms with E-state index in [2.05, 4.69) is 0 Å². The van der Waals surface area contributed by atoms with Crippen molar-refractivity contribution in [3.05, 3.63) is 35.6 Å². The van der Waals surface area contributed by atoms with E-state index in [4.69, 9.17) is 21.4 Å². The van der Waals surface area contributed by atoms with Crippen LogP contribution in [0.4, 0.5) is 0 Å². The molecule has 0 amide bonds. The molecule has 1 heterocycles. The van der Waals surface area contributed by atoms with Crippen molar-refractivity contribution in [1.82, 2.24) is 0 Å². The largest absolute Gasteiger partial charge is 0.487 e. The lowest BCUT2D eigenvalue weighted by Crippen LogP contribution is -2.06. The number of rotatable bonds is 4. The van der Waals surface area contributed by atoms with Crippen molar-refractivity contribution in [1.29, 1.82) is 0 Å². The second-order valence-corrected chi connectivity index (χ2v) is 4.00. The molecular weight excluding hydrogens is 236 g/mol. The second kappa shape index (κ2) is 5.10. The molecular formula is C13H12O3S. The first-order valence-corrected chi connectivity index (χ1v) is 5.78. The van der Waals surface area contributed by atoms with Crippen molar-refractivity contribution in [2.45, 2.75) is 13.3 Å². The summed E-state index contributed by atoms with van der Waals surface area (Å²) in [6, 6.07) is 7.51. The molecule has 4 heteroatoms. The van der Waals surface area contributed by atoms with Crippen molar-refractivity contribution in [2.75, 3.05) is 6.61 Å². The monoisotopic (exact) mass is 248 g/mol. The molecule has 0 spiro atoms. The van der Waals surface area contributed by atoms with Crippen LogP contribution in [0.2, 0.25) is 0 Å². The molecule has 88 valence electrons. The Morgan fingerprint density at radius 3 is 2.94 bits per heavy atom. The van der Waals surface area contributed by atoms with E-state index in [1.807, 2.05) is 31.2 Å². The Hall–Kier alpha value is -1.68. The van der Waals surface area contributed by atoms with Gasteiger partial charge in [-0.1, -0.05) is 18.2 Å². The highest BCUT2D eigenvalue weighted by Crippen LogP contribution is 2.25. The maximum atomic E-state index is 11.0. The summed E-state index contributed by atoms with van der Waals surface area (Å²) < 4.78 is 10.7. The lowest BCUT2D eigenvalue weighted by atomic mass is 10.1. The number of carbonyl (C=O) groups is 1. The fourth-order valence-corrected chi connectivity index (χ4v) is 2.01. The van der Waals surface area contributed by atoms with Crippen LogP contribution in [0, 0.1) is 0 Å². The maximum absolute atomic E-state index is 11.0. The summed E-state index contributed by atoms with van der Waals surface area (Å²) in [4.78, 5) is 11.0. The van der Waals surface area contributed by atoms with Gasteiger partial charge in [0.15, 0.2) is 17.1 Å². The van der Waals surface area contributed by atoms with Gasteiger partial charge in [0.2, 0.25) is 0 Å². The number of aldehydes is 1. The highest BCUT2D eigenvalue weighted by atomic mass is 32.1. The van der Waals surface area contributed by atoms with Crippen molar-refractivity contribution in [2.24, 2.45) is 0 Å². The average Bonchev–Trinajstić information content (AvgIpc) is 2.68. The summed E-state index contributed by atoms with van der Waals surface area (Å²) in [6.45, 7) is 2.41. The minimum Gasteiger partial charge on any atom is -0.487 e. The van der Waals surface area contributed by atoms with Gasteiger partial charge < -0.3 is 9.15 Å². The molecule has 17 heavy (non-hydrogen) atoms. The first-order chi connectivity index (χ1) is 8.26. The highest BCUT2D eigenvalue weighted by Gasteiger charge is 2.15. The van der Waals surface area contributed by atoms with Gasteiger partial charge in [0.1, 0.15) is 5.58 Å². The van der Waals surface area contributed by atoms with Crippen LogP contribution < -0.4 is 0 Å². The summed E-state index contributed by atoms with van der Waals surface area (Å²) in [5.41, 5.74) is 1.50. The summed E-state index contributed by atoms with van der Waals surface area (Å²) >= 11 is 5.09. The number of para-hydroxylation sites is 1. The molecule has 0 atom stereocenters. The van der Waals surface area contributed by atoms with Crippen LogP contribution in [-0.4, -0.2) is 17.9 Å². The summed E-state index contributed by atoms with van der Waals surface area (Å²) in [7, 11) is 0. The molecule has 1 aromatic heterocycles. The van der Waals surface area contributed by atoms with Crippen molar-refractivity contribution < 1.29 is 13.9 Å². The predicted octanol–water partition coefficient (Wildman–Crippen LogP) is 3.15. The van der Waals surface area contributed by atoms with E-state index in [9.17, 15) is 4.79 Å². The standard InChI is InChI=1S/C13H12O3S/c1-2-15-13(17)7-10-9-5-3-4-6-11(9)16-12(10)8-14/h3-6,8H,2,7H2,1H3. The Kier molecular flexibility index (Phi) is 3.54. The van der Waals surface area contributed by atoms with Gasteiger partial charge in [-0.15, -0.1) is 0 Å². The Labute approximate surface area is 104 Å². The third-order valence-electron chi connectivity index (χ3n) is 2.46. The summed E-state index contributed by atoms with van der Waals surface area (Å²) in [6.07, 6.45) is 1.14. The van der Waals surface area contributed by atoms with E-state index in [-0.39, 0.29) is 0 Å². The molecule has 0 unspecified atom stereocenters. The molecule has 0 bridgehead atoms. The normalized spacial score (nSPS) is 10.4. The third kappa shape index (κ3) is 2.36. The zero-order chi connectivity index (χ0) is 12.3. The van der Waals surface area contributed by atoms with Crippen LogP contribution in [0.5, 0.6) is 0 Å². The topological polar surface area (TPSA) is 39.4 Å². The van der Waals surface area contributed by atoms with Gasteiger partial charge in [-0.05, 0) is 25.2 Å². The van der Waals surface area contributed by atoms with E-state index < -0.39 is 0 Å². The van der Waals surface area contributed by atoms with Gasteiger partial charge in [0.25, 0.3) is 0 Å². The first kappa shape index (κ1) is 11.8. The molecule has 0 radical (unpaired) electrons. The van der Waals surface area contributed by atoms with Gasteiger partial charge >= 0.3 is 0 Å².